The van der Waals surface area contributed by atoms with Gasteiger partial charge in [-0.15, -0.1) is 0 Å². The van der Waals surface area contributed by atoms with Crippen LogP contribution >= 0.6 is 0 Å². The molecule has 5 unspecified atom stereocenters. The summed E-state index contributed by atoms with van der Waals surface area (Å²) in [5.74, 6) is -1.54. The second-order valence-electron chi connectivity index (χ2n) is 9.00. The lowest BCUT2D eigenvalue weighted by molar-refractivity contribution is -0.143. The third-order valence-corrected chi connectivity index (χ3v) is 7.22. The standard InChI is InChI=1S/C23H26N4O4/c24-21(29)17-6-3-9-26(17)11-15-4-1-2-5-16(15)25-18(28)12-27-22(30)19-13-7-8-14(10-13)20(19)23(27)31/h1-2,4-5,7-8,13-14,17,19-20H,3,6,9-12H2,(H2,24,29)(H,25,28). The molecular weight excluding hydrogens is 396 g/mol. The van der Waals surface area contributed by atoms with Crippen LogP contribution in [-0.2, 0) is 25.7 Å². The largest absolute Gasteiger partial charge is 0.368 e. The minimum atomic E-state index is -0.401. The number of carbonyl (C=O) groups is 4. The fourth-order valence-electron chi connectivity index (χ4n) is 5.79. The molecule has 162 valence electrons. The van der Waals surface area contributed by atoms with Crippen LogP contribution in [0.1, 0.15) is 24.8 Å². The molecule has 4 amide bonds. The fourth-order valence-corrected chi connectivity index (χ4v) is 5.79. The highest BCUT2D eigenvalue weighted by Gasteiger charge is 2.59. The van der Waals surface area contributed by atoms with E-state index in [1.54, 1.807) is 6.07 Å². The number of nitrogens with zero attached hydrogens (tertiary/aromatic N) is 2. The number of fused-ring (bicyclic) bond motifs is 5. The number of para-hydroxylation sites is 1. The van der Waals surface area contributed by atoms with Crippen molar-refractivity contribution in [1.29, 1.82) is 0 Å². The molecular formula is C23H26N4O4. The minimum Gasteiger partial charge on any atom is -0.368 e. The van der Waals surface area contributed by atoms with Gasteiger partial charge in [0.1, 0.15) is 6.54 Å². The molecule has 31 heavy (non-hydrogen) atoms. The van der Waals surface area contributed by atoms with Gasteiger partial charge in [0.25, 0.3) is 0 Å². The molecule has 0 aromatic heterocycles. The van der Waals surface area contributed by atoms with E-state index in [4.69, 9.17) is 5.73 Å². The van der Waals surface area contributed by atoms with Gasteiger partial charge >= 0.3 is 0 Å². The first-order valence-corrected chi connectivity index (χ1v) is 10.9. The number of anilines is 1. The lowest BCUT2D eigenvalue weighted by atomic mass is 9.85. The molecule has 1 aromatic carbocycles. The molecule has 2 aliphatic carbocycles. The maximum Gasteiger partial charge on any atom is 0.244 e. The van der Waals surface area contributed by atoms with E-state index in [1.165, 1.54) is 0 Å². The van der Waals surface area contributed by atoms with Crippen LogP contribution in [0.4, 0.5) is 5.69 Å². The fraction of sp³-hybridized carbons (Fsp3) is 0.478. The molecule has 2 saturated heterocycles. The van der Waals surface area contributed by atoms with E-state index in [9.17, 15) is 19.2 Å². The Morgan fingerprint density at radius 3 is 2.42 bits per heavy atom. The number of rotatable bonds is 6. The molecule has 3 N–H and O–H groups in total. The van der Waals surface area contributed by atoms with Crippen LogP contribution in [0.2, 0.25) is 0 Å². The van der Waals surface area contributed by atoms with Gasteiger partial charge in [0.2, 0.25) is 23.6 Å². The van der Waals surface area contributed by atoms with Gasteiger partial charge in [0.05, 0.1) is 17.9 Å². The first kappa shape index (κ1) is 19.9. The number of imide groups is 1. The lowest BCUT2D eigenvalue weighted by Gasteiger charge is -2.23. The van der Waals surface area contributed by atoms with Gasteiger partial charge in [-0.1, -0.05) is 30.4 Å². The highest BCUT2D eigenvalue weighted by Crippen LogP contribution is 2.52. The summed E-state index contributed by atoms with van der Waals surface area (Å²) in [4.78, 5) is 53.2. The van der Waals surface area contributed by atoms with Gasteiger partial charge in [-0.2, -0.15) is 0 Å². The number of likely N-dealkylation sites (tertiary alicyclic amines) is 2. The second-order valence-corrected chi connectivity index (χ2v) is 9.00. The summed E-state index contributed by atoms with van der Waals surface area (Å²) in [7, 11) is 0. The van der Waals surface area contributed by atoms with Crippen LogP contribution in [0, 0.1) is 23.7 Å². The summed E-state index contributed by atoms with van der Waals surface area (Å²) in [6, 6.07) is 7.07. The summed E-state index contributed by atoms with van der Waals surface area (Å²) in [6.45, 7) is 0.989. The monoisotopic (exact) mass is 422 g/mol. The van der Waals surface area contributed by atoms with E-state index in [1.807, 2.05) is 35.3 Å². The highest BCUT2D eigenvalue weighted by atomic mass is 16.2. The predicted molar refractivity (Wildman–Crippen MR) is 112 cm³/mol. The van der Waals surface area contributed by atoms with Gasteiger partial charge in [0, 0.05) is 12.2 Å². The molecule has 2 aliphatic heterocycles. The predicted octanol–water partition coefficient (Wildman–Crippen LogP) is 0.882. The molecule has 1 saturated carbocycles. The van der Waals surface area contributed by atoms with Crippen LogP contribution in [0.5, 0.6) is 0 Å². The number of carbonyl (C=O) groups excluding carboxylic acids is 4. The Labute approximate surface area is 180 Å². The number of primary amides is 1. The summed E-state index contributed by atoms with van der Waals surface area (Å²) in [6.07, 6.45) is 6.58. The Bertz CT molecular complexity index is 960. The van der Waals surface area contributed by atoms with Crippen molar-refractivity contribution in [3.05, 3.63) is 42.0 Å². The van der Waals surface area contributed by atoms with Crippen molar-refractivity contribution in [2.45, 2.75) is 31.8 Å². The van der Waals surface area contributed by atoms with Crippen molar-refractivity contribution in [1.82, 2.24) is 9.80 Å². The van der Waals surface area contributed by atoms with Gasteiger partial charge < -0.3 is 11.1 Å². The first-order valence-electron chi connectivity index (χ1n) is 10.9. The Balaban J connectivity index is 1.26. The second kappa shape index (κ2) is 7.60. The Morgan fingerprint density at radius 2 is 1.74 bits per heavy atom. The number of allylic oxidation sites excluding steroid dienone is 2. The summed E-state index contributed by atoms with van der Waals surface area (Å²) in [5.41, 5.74) is 6.99. The number of hydrogen-bond donors (Lipinski definition) is 2. The average Bonchev–Trinajstić information content (AvgIpc) is 3.51. The summed E-state index contributed by atoms with van der Waals surface area (Å²) in [5, 5.41) is 2.86. The van der Waals surface area contributed by atoms with E-state index in [-0.39, 0.29) is 54.0 Å². The Hall–Kier alpha value is -3.00. The van der Waals surface area contributed by atoms with Crippen molar-refractivity contribution < 1.29 is 19.2 Å². The van der Waals surface area contributed by atoms with E-state index in [2.05, 4.69) is 5.32 Å². The topological polar surface area (TPSA) is 113 Å². The molecule has 8 nitrogen and oxygen atoms in total. The van der Waals surface area contributed by atoms with Gasteiger partial charge in [-0.25, -0.2) is 0 Å². The van der Waals surface area contributed by atoms with Gasteiger partial charge in [-0.3, -0.25) is 29.0 Å². The smallest absolute Gasteiger partial charge is 0.244 e. The molecule has 5 atom stereocenters. The summed E-state index contributed by atoms with van der Waals surface area (Å²) >= 11 is 0. The molecule has 4 aliphatic rings. The Morgan fingerprint density at radius 1 is 1.06 bits per heavy atom. The molecule has 2 bridgehead atoms. The van der Waals surface area contributed by atoms with Crippen LogP contribution in [0.3, 0.4) is 0 Å². The lowest BCUT2D eigenvalue weighted by Crippen LogP contribution is -2.40. The normalized spacial score (nSPS) is 31.5. The maximum atomic E-state index is 12.8. The van der Waals surface area contributed by atoms with E-state index in [0.29, 0.717) is 12.2 Å². The number of benzene rings is 1. The average molecular weight is 422 g/mol. The number of nitrogens with one attached hydrogen (secondary N) is 1. The zero-order valence-corrected chi connectivity index (χ0v) is 17.2. The zero-order valence-electron chi connectivity index (χ0n) is 17.2. The minimum absolute atomic E-state index is 0.124. The summed E-state index contributed by atoms with van der Waals surface area (Å²) < 4.78 is 0. The highest BCUT2D eigenvalue weighted by molar-refractivity contribution is 6.09. The third kappa shape index (κ3) is 3.35. The van der Waals surface area contributed by atoms with Crippen molar-refractivity contribution in [2.75, 3.05) is 18.4 Å². The first-order chi connectivity index (χ1) is 14.9. The SMILES string of the molecule is NC(=O)C1CCCN1Cc1ccccc1NC(=O)CN1C(=O)C2C3C=CC(C3)C2C1=O. The molecule has 3 fully saturated rings. The van der Waals surface area contributed by atoms with Gasteiger partial charge in [0.15, 0.2) is 0 Å². The van der Waals surface area contributed by atoms with Gasteiger partial charge in [-0.05, 0) is 49.3 Å². The molecule has 8 heteroatoms. The number of hydrogen-bond acceptors (Lipinski definition) is 5. The maximum absolute atomic E-state index is 12.8. The van der Waals surface area contributed by atoms with Crippen molar-refractivity contribution in [2.24, 2.45) is 29.4 Å². The molecule has 5 rings (SSSR count). The molecule has 2 heterocycles. The van der Waals surface area contributed by atoms with Crippen LogP contribution < -0.4 is 11.1 Å². The van der Waals surface area contributed by atoms with Crippen LogP contribution in [0.25, 0.3) is 0 Å². The van der Waals surface area contributed by atoms with E-state index in [0.717, 1.165) is 36.3 Å². The van der Waals surface area contributed by atoms with Crippen molar-refractivity contribution >= 4 is 29.3 Å². The van der Waals surface area contributed by atoms with Crippen LogP contribution in [-0.4, -0.2) is 52.6 Å². The number of amides is 4. The van der Waals surface area contributed by atoms with E-state index < -0.39 is 5.91 Å². The number of nitrogens with two attached hydrogens (primary N) is 1. The van der Waals surface area contributed by atoms with E-state index >= 15 is 0 Å². The molecule has 1 aromatic rings. The van der Waals surface area contributed by atoms with Crippen molar-refractivity contribution in [3.63, 3.8) is 0 Å². The van der Waals surface area contributed by atoms with Crippen LogP contribution in [0.15, 0.2) is 36.4 Å². The van der Waals surface area contributed by atoms with Crippen molar-refractivity contribution in [3.8, 4) is 0 Å². The molecule has 0 spiro atoms. The molecule has 0 radical (unpaired) electrons. The quantitative estimate of drug-likeness (QED) is 0.522. The third-order valence-electron chi connectivity index (χ3n) is 7.22. The zero-order chi connectivity index (χ0) is 21.7. The Kier molecular flexibility index (Phi) is 4.89.